The molecule has 6 nitrogen and oxygen atoms in total. The molecule has 2 rings (SSSR count). The van der Waals surface area contributed by atoms with Crippen LogP contribution in [0.2, 0.25) is 0 Å². The van der Waals surface area contributed by atoms with Gasteiger partial charge >= 0.3 is 5.97 Å². The van der Waals surface area contributed by atoms with Crippen molar-refractivity contribution in [1.82, 2.24) is 4.90 Å². The van der Waals surface area contributed by atoms with Crippen LogP contribution in [0.5, 0.6) is 0 Å². The number of amides is 2. The monoisotopic (exact) mass is 360 g/mol. The molecule has 0 N–H and O–H groups in total. The van der Waals surface area contributed by atoms with Gasteiger partial charge in [-0.1, -0.05) is 25.0 Å². The quantitative estimate of drug-likeness (QED) is 0.732. The summed E-state index contributed by atoms with van der Waals surface area (Å²) in [6, 6.07) is 6.85. The van der Waals surface area contributed by atoms with Crippen LogP contribution in [0.4, 0.5) is 5.69 Å². The summed E-state index contributed by atoms with van der Waals surface area (Å²) in [4.78, 5) is 40.3. The Hall–Kier alpha value is -2.37. The molecule has 1 heterocycles. The second-order valence-electron chi connectivity index (χ2n) is 6.45. The summed E-state index contributed by atoms with van der Waals surface area (Å²) in [5.41, 5.74) is 0.828. The average Bonchev–Trinajstić information content (AvgIpc) is 2.91. The topological polar surface area (TPSA) is 66.9 Å². The molecule has 0 aromatic heterocycles. The van der Waals surface area contributed by atoms with Gasteiger partial charge in [-0.3, -0.25) is 9.59 Å². The summed E-state index contributed by atoms with van der Waals surface area (Å²) >= 11 is 0. The zero-order chi connectivity index (χ0) is 18.9. The standard InChI is InChI=1S/C20H28N2O4/c1-3-26-20(25)17-10-6-7-11-18(17)22(16(2)23)15-12-19(24)21-13-8-4-5-9-14-21/h6-7,10-11H,3-5,8-9,12-15H2,1-2H3. The third kappa shape index (κ3) is 5.31. The summed E-state index contributed by atoms with van der Waals surface area (Å²) in [6.07, 6.45) is 4.64. The number of ether oxygens (including phenoxy) is 1. The fourth-order valence-electron chi connectivity index (χ4n) is 3.22. The molecule has 0 bridgehead atoms. The first kappa shape index (κ1) is 19.9. The number of para-hydroxylation sites is 1. The van der Waals surface area contributed by atoms with Crippen molar-refractivity contribution in [3.05, 3.63) is 29.8 Å². The third-order valence-electron chi connectivity index (χ3n) is 4.58. The number of nitrogens with zero attached hydrogens (tertiary/aromatic N) is 2. The molecule has 0 unspecified atom stereocenters. The Kier molecular flexibility index (Phi) is 7.63. The molecule has 0 radical (unpaired) electrons. The largest absolute Gasteiger partial charge is 0.462 e. The Bertz CT molecular complexity index is 636. The van der Waals surface area contributed by atoms with Gasteiger partial charge in [0.1, 0.15) is 0 Å². The summed E-state index contributed by atoms with van der Waals surface area (Å²) in [6.45, 7) is 5.28. The highest BCUT2D eigenvalue weighted by molar-refractivity contribution is 6.02. The van der Waals surface area contributed by atoms with Gasteiger partial charge in [0.05, 0.1) is 17.9 Å². The first-order valence-corrected chi connectivity index (χ1v) is 9.36. The average molecular weight is 360 g/mol. The van der Waals surface area contributed by atoms with Gasteiger partial charge < -0.3 is 14.5 Å². The SMILES string of the molecule is CCOC(=O)c1ccccc1N(CCC(=O)N1CCCCCC1)C(C)=O. The minimum atomic E-state index is -0.465. The normalized spacial score (nSPS) is 14.5. The number of esters is 1. The van der Waals surface area contributed by atoms with Crippen molar-refractivity contribution in [3.63, 3.8) is 0 Å². The zero-order valence-electron chi connectivity index (χ0n) is 15.7. The van der Waals surface area contributed by atoms with Crippen LogP contribution in [-0.2, 0) is 14.3 Å². The van der Waals surface area contributed by atoms with E-state index in [-0.39, 0.29) is 31.4 Å². The minimum absolute atomic E-state index is 0.0618. The Morgan fingerprint density at radius 1 is 1.08 bits per heavy atom. The molecule has 1 aliphatic heterocycles. The van der Waals surface area contributed by atoms with E-state index in [1.807, 2.05) is 4.90 Å². The van der Waals surface area contributed by atoms with Gasteiger partial charge in [-0.25, -0.2) is 4.79 Å². The highest BCUT2D eigenvalue weighted by atomic mass is 16.5. The van der Waals surface area contributed by atoms with E-state index in [0.29, 0.717) is 11.3 Å². The molecule has 0 spiro atoms. The number of rotatable bonds is 6. The van der Waals surface area contributed by atoms with Gasteiger partial charge in [-0.2, -0.15) is 0 Å². The minimum Gasteiger partial charge on any atom is -0.462 e. The molecule has 1 fully saturated rings. The second kappa shape index (κ2) is 9.94. The van der Waals surface area contributed by atoms with E-state index in [2.05, 4.69) is 0 Å². The molecule has 0 atom stereocenters. The molecule has 26 heavy (non-hydrogen) atoms. The zero-order valence-corrected chi connectivity index (χ0v) is 15.7. The summed E-state index contributed by atoms with van der Waals surface area (Å²) < 4.78 is 5.08. The number of carbonyl (C=O) groups is 3. The van der Waals surface area contributed by atoms with Gasteiger partial charge in [0, 0.05) is 33.0 Å². The van der Waals surface area contributed by atoms with Crippen LogP contribution in [-0.4, -0.2) is 48.9 Å². The van der Waals surface area contributed by atoms with E-state index < -0.39 is 5.97 Å². The number of carbonyl (C=O) groups excluding carboxylic acids is 3. The maximum atomic E-state index is 12.5. The van der Waals surface area contributed by atoms with Crippen LogP contribution >= 0.6 is 0 Å². The van der Waals surface area contributed by atoms with Gasteiger partial charge in [-0.05, 0) is 31.9 Å². The van der Waals surface area contributed by atoms with E-state index in [0.717, 1.165) is 38.8 Å². The van der Waals surface area contributed by atoms with Crippen molar-refractivity contribution in [3.8, 4) is 0 Å². The molecule has 0 saturated carbocycles. The number of hydrogen-bond donors (Lipinski definition) is 0. The highest BCUT2D eigenvalue weighted by Gasteiger charge is 2.22. The van der Waals surface area contributed by atoms with Crippen LogP contribution in [0.3, 0.4) is 0 Å². The predicted octanol–water partition coefficient (Wildman–Crippen LogP) is 3.01. The number of benzene rings is 1. The maximum absolute atomic E-state index is 12.5. The smallest absolute Gasteiger partial charge is 0.340 e. The summed E-state index contributed by atoms with van der Waals surface area (Å²) in [5, 5.41) is 0. The van der Waals surface area contributed by atoms with Crippen LogP contribution < -0.4 is 4.90 Å². The third-order valence-corrected chi connectivity index (χ3v) is 4.58. The van der Waals surface area contributed by atoms with Gasteiger partial charge in [0.15, 0.2) is 0 Å². The first-order valence-electron chi connectivity index (χ1n) is 9.36. The molecular weight excluding hydrogens is 332 g/mol. The molecule has 0 aliphatic carbocycles. The van der Waals surface area contributed by atoms with Gasteiger partial charge in [0.25, 0.3) is 0 Å². The van der Waals surface area contributed by atoms with Crippen molar-refractivity contribution in [2.75, 3.05) is 31.1 Å². The predicted molar refractivity (Wildman–Crippen MR) is 100 cm³/mol. The number of anilines is 1. The lowest BCUT2D eigenvalue weighted by molar-refractivity contribution is -0.131. The maximum Gasteiger partial charge on any atom is 0.340 e. The Labute approximate surface area is 155 Å². The van der Waals surface area contributed by atoms with Crippen molar-refractivity contribution in [2.24, 2.45) is 0 Å². The lowest BCUT2D eigenvalue weighted by Crippen LogP contribution is -2.37. The first-order chi connectivity index (χ1) is 12.5. The van der Waals surface area contributed by atoms with E-state index >= 15 is 0 Å². The van der Waals surface area contributed by atoms with E-state index in [9.17, 15) is 14.4 Å². The molecule has 1 aromatic rings. The van der Waals surface area contributed by atoms with E-state index in [4.69, 9.17) is 4.74 Å². The number of hydrogen-bond acceptors (Lipinski definition) is 4. The molecule has 1 saturated heterocycles. The molecule has 2 amide bonds. The van der Waals surface area contributed by atoms with Crippen LogP contribution in [0.1, 0.15) is 56.3 Å². The van der Waals surface area contributed by atoms with Crippen molar-refractivity contribution < 1.29 is 19.1 Å². The Balaban J connectivity index is 2.11. The van der Waals surface area contributed by atoms with E-state index in [1.165, 1.54) is 11.8 Å². The summed E-state index contributed by atoms with van der Waals surface area (Å²) in [7, 11) is 0. The number of likely N-dealkylation sites (tertiary alicyclic amines) is 1. The molecular formula is C20H28N2O4. The summed E-state index contributed by atoms with van der Waals surface area (Å²) in [5.74, 6) is -0.606. The second-order valence-corrected chi connectivity index (χ2v) is 6.45. The van der Waals surface area contributed by atoms with Gasteiger partial charge in [-0.15, -0.1) is 0 Å². The van der Waals surface area contributed by atoms with Gasteiger partial charge in [0.2, 0.25) is 11.8 Å². The lowest BCUT2D eigenvalue weighted by Gasteiger charge is -2.25. The Morgan fingerprint density at radius 3 is 2.35 bits per heavy atom. The fourth-order valence-corrected chi connectivity index (χ4v) is 3.22. The van der Waals surface area contributed by atoms with E-state index in [1.54, 1.807) is 31.2 Å². The molecule has 1 aliphatic rings. The lowest BCUT2D eigenvalue weighted by atomic mass is 10.1. The van der Waals surface area contributed by atoms with Crippen molar-refractivity contribution >= 4 is 23.5 Å². The van der Waals surface area contributed by atoms with Crippen LogP contribution in [0, 0.1) is 0 Å². The molecule has 6 heteroatoms. The fraction of sp³-hybridized carbons (Fsp3) is 0.550. The highest BCUT2D eigenvalue weighted by Crippen LogP contribution is 2.22. The van der Waals surface area contributed by atoms with Crippen molar-refractivity contribution in [1.29, 1.82) is 0 Å². The van der Waals surface area contributed by atoms with Crippen LogP contribution in [0.25, 0.3) is 0 Å². The molecule has 1 aromatic carbocycles. The molecule has 142 valence electrons. The van der Waals surface area contributed by atoms with Crippen molar-refractivity contribution in [2.45, 2.75) is 46.0 Å². The Morgan fingerprint density at radius 2 is 1.73 bits per heavy atom. The van der Waals surface area contributed by atoms with Crippen LogP contribution in [0.15, 0.2) is 24.3 Å².